The van der Waals surface area contributed by atoms with Gasteiger partial charge in [-0.1, -0.05) is 30.7 Å². The molecule has 1 nitrogen and oxygen atoms in total. The lowest BCUT2D eigenvalue weighted by Gasteiger charge is -2.20. The van der Waals surface area contributed by atoms with Gasteiger partial charge in [-0.2, -0.15) is 0 Å². The molecule has 0 radical (unpaired) electrons. The normalized spacial score (nSPS) is 12.6. The van der Waals surface area contributed by atoms with Crippen LogP contribution in [0.15, 0.2) is 35.7 Å². The Balaban J connectivity index is 2.20. The Bertz CT molecular complexity index is 507. The summed E-state index contributed by atoms with van der Waals surface area (Å²) < 4.78 is 0. The first-order valence-electron chi connectivity index (χ1n) is 6.72. The quantitative estimate of drug-likeness (QED) is 0.791. The van der Waals surface area contributed by atoms with Gasteiger partial charge in [-0.3, -0.25) is 0 Å². The molecule has 1 aromatic carbocycles. The molecule has 2 aromatic rings. The van der Waals surface area contributed by atoms with Crippen LogP contribution in [-0.4, -0.2) is 6.54 Å². The average Bonchev–Trinajstić information content (AvgIpc) is 2.88. The van der Waals surface area contributed by atoms with Gasteiger partial charge in [-0.05, 0) is 54.6 Å². The Kier molecular flexibility index (Phi) is 5.44. The zero-order valence-electron chi connectivity index (χ0n) is 11.4. The predicted octanol–water partition coefficient (Wildman–Crippen LogP) is 4.99. The summed E-state index contributed by atoms with van der Waals surface area (Å²) in [6.07, 6.45) is 2.19. The number of aryl methyl sites for hydroxylation is 1. The Morgan fingerprint density at radius 3 is 2.79 bits per heavy atom. The van der Waals surface area contributed by atoms with Crippen LogP contribution < -0.4 is 5.32 Å². The minimum atomic E-state index is 0.371. The van der Waals surface area contributed by atoms with Crippen LogP contribution in [0.2, 0.25) is 5.02 Å². The third-order valence-corrected chi connectivity index (χ3v) is 4.37. The van der Waals surface area contributed by atoms with Gasteiger partial charge in [0.25, 0.3) is 0 Å². The van der Waals surface area contributed by atoms with E-state index >= 15 is 0 Å². The van der Waals surface area contributed by atoms with E-state index in [2.05, 4.69) is 42.7 Å². The summed E-state index contributed by atoms with van der Waals surface area (Å²) in [5, 5.41) is 6.60. The van der Waals surface area contributed by atoms with E-state index in [0.29, 0.717) is 6.04 Å². The molecule has 19 heavy (non-hydrogen) atoms. The Hall–Kier alpha value is -0.830. The molecule has 1 aromatic heterocycles. The predicted molar refractivity (Wildman–Crippen MR) is 85.2 cm³/mol. The molecule has 1 heterocycles. The lowest BCUT2D eigenvalue weighted by atomic mass is 9.98. The monoisotopic (exact) mass is 293 g/mol. The summed E-state index contributed by atoms with van der Waals surface area (Å²) in [6.45, 7) is 5.37. The molecule has 2 rings (SSSR count). The number of benzene rings is 1. The molecule has 0 saturated carbocycles. The highest BCUT2D eigenvalue weighted by molar-refractivity contribution is 7.09. The van der Waals surface area contributed by atoms with Crippen LogP contribution in [0, 0.1) is 6.92 Å². The molecule has 3 heteroatoms. The lowest BCUT2D eigenvalue weighted by molar-refractivity contribution is 0.530. The van der Waals surface area contributed by atoms with Crippen molar-refractivity contribution < 1.29 is 0 Å². The maximum Gasteiger partial charge on any atom is 0.0408 e. The first-order valence-corrected chi connectivity index (χ1v) is 7.98. The fourth-order valence-electron chi connectivity index (χ4n) is 2.27. The molecule has 0 fully saturated rings. The number of hydrogen-bond donors (Lipinski definition) is 1. The van der Waals surface area contributed by atoms with Crippen molar-refractivity contribution in [3.63, 3.8) is 0 Å². The molecule has 0 spiro atoms. The average molecular weight is 294 g/mol. The van der Waals surface area contributed by atoms with Crippen molar-refractivity contribution in [2.45, 2.75) is 32.7 Å². The summed E-state index contributed by atoms with van der Waals surface area (Å²) in [7, 11) is 0. The summed E-state index contributed by atoms with van der Waals surface area (Å²) in [5.41, 5.74) is 2.61. The van der Waals surface area contributed by atoms with E-state index in [1.54, 1.807) is 0 Å². The van der Waals surface area contributed by atoms with E-state index in [1.807, 2.05) is 23.5 Å². The Labute approximate surface area is 124 Å². The molecule has 0 saturated heterocycles. The number of rotatable bonds is 6. The van der Waals surface area contributed by atoms with Crippen molar-refractivity contribution >= 4 is 22.9 Å². The number of nitrogens with one attached hydrogen (secondary N) is 1. The van der Waals surface area contributed by atoms with Crippen molar-refractivity contribution in [1.82, 2.24) is 5.32 Å². The highest BCUT2D eigenvalue weighted by Gasteiger charge is 2.14. The summed E-state index contributed by atoms with van der Waals surface area (Å²) >= 11 is 7.87. The standard InChI is InChI=1S/C16H20ClNS/c1-3-8-18-16(11-14-5-4-9-19-14)15-7-6-13(17)10-12(15)2/h4-7,9-10,16,18H,3,8,11H2,1-2H3. The minimum absolute atomic E-state index is 0.371. The smallest absolute Gasteiger partial charge is 0.0408 e. The van der Waals surface area contributed by atoms with Gasteiger partial charge in [0.05, 0.1) is 0 Å². The van der Waals surface area contributed by atoms with Crippen molar-refractivity contribution in [3.8, 4) is 0 Å². The van der Waals surface area contributed by atoms with Gasteiger partial charge in [0.2, 0.25) is 0 Å². The zero-order valence-corrected chi connectivity index (χ0v) is 13.0. The highest BCUT2D eigenvalue weighted by atomic mass is 35.5. The summed E-state index contributed by atoms with van der Waals surface area (Å²) in [5.74, 6) is 0. The molecule has 0 aliphatic rings. The number of thiophene rings is 1. The Morgan fingerprint density at radius 2 is 2.16 bits per heavy atom. The third kappa shape index (κ3) is 4.07. The van der Waals surface area contributed by atoms with E-state index in [4.69, 9.17) is 11.6 Å². The Morgan fingerprint density at radius 1 is 1.32 bits per heavy atom. The van der Waals surface area contributed by atoms with E-state index in [1.165, 1.54) is 16.0 Å². The van der Waals surface area contributed by atoms with Crippen molar-refractivity contribution in [1.29, 1.82) is 0 Å². The molecule has 0 aliphatic heterocycles. The fraction of sp³-hybridized carbons (Fsp3) is 0.375. The maximum atomic E-state index is 6.05. The molecule has 0 bridgehead atoms. The number of halogens is 1. The van der Waals surface area contributed by atoms with Crippen LogP contribution in [0.1, 0.15) is 35.4 Å². The van der Waals surface area contributed by atoms with Crippen LogP contribution in [0.3, 0.4) is 0 Å². The first-order chi connectivity index (χ1) is 9.20. The second-order valence-corrected chi connectivity index (χ2v) is 6.26. The second-order valence-electron chi connectivity index (χ2n) is 4.79. The molecular weight excluding hydrogens is 274 g/mol. The van der Waals surface area contributed by atoms with Gasteiger partial charge in [0, 0.05) is 22.4 Å². The molecule has 1 unspecified atom stereocenters. The SMILES string of the molecule is CCCNC(Cc1cccs1)c1ccc(Cl)cc1C. The fourth-order valence-corrected chi connectivity index (χ4v) is 3.25. The second kappa shape index (κ2) is 7.09. The highest BCUT2D eigenvalue weighted by Crippen LogP contribution is 2.26. The van der Waals surface area contributed by atoms with Crippen molar-refractivity contribution in [2.75, 3.05) is 6.54 Å². The lowest BCUT2D eigenvalue weighted by Crippen LogP contribution is -2.24. The first kappa shape index (κ1) is 14.6. The van der Waals surface area contributed by atoms with Crippen LogP contribution in [0.25, 0.3) is 0 Å². The van der Waals surface area contributed by atoms with Gasteiger partial charge >= 0.3 is 0 Å². The largest absolute Gasteiger partial charge is 0.310 e. The van der Waals surface area contributed by atoms with E-state index in [0.717, 1.165) is 24.4 Å². The van der Waals surface area contributed by atoms with Gasteiger partial charge in [0.1, 0.15) is 0 Å². The minimum Gasteiger partial charge on any atom is -0.310 e. The topological polar surface area (TPSA) is 12.0 Å². The molecule has 0 amide bonds. The number of hydrogen-bond acceptors (Lipinski definition) is 2. The third-order valence-electron chi connectivity index (χ3n) is 3.23. The van der Waals surface area contributed by atoms with Gasteiger partial charge in [-0.25, -0.2) is 0 Å². The van der Waals surface area contributed by atoms with Crippen molar-refractivity contribution in [3.05, 3.63) is 56.7 Å². The summed E-state index contributed by atoms with van der Waals surface area (Å²) in [4.78, 5) is 1.42. The van der Waals surface area contributed by atoms with E-state index < -0.39 is 0 Å². The molecule has 1 atom stereocenters. The molecule has 1 N–H and O–H groups in total. The zero-order chi connectivity index (χ0) is 13.7. The van der Waals surface area contributed by atoms with Crippen LogP contribution in [-0.2, 0) is 6.42 Å². The summed E-state index contributed by atoms with van der Waals surface area (Å²) in [6, 6.07) is 10.9. The van der Waals surface area contributed by atoms with Crippen LogP contribution in [0.4, 0.5) is 0 Å². The molecular formula is C16H20ClNS. The van der Waals surface area contributed by atoms with Crippen LogP contribution >= 0.6 is 22.9 Å². The van der Waals surface area contributed by atoms with Gasteiger partial charge in [-0.15, -0.1) is 11.3 Å². The van der Waals surface area contributed by atoms with Gasteiger partial charge in [0.15, 0.2) is 0 Å². The van der Waals surface area contributed by atoms with Crippen molar-refractivity contribution in [2.24, 2.45) is 0 Å². The van der Waals surface area contributed by atoms with Gasteiger partial charge < -0.3 is 5.32 Å². The molecule has 0 aliphatic carbocycles. The van der Waals surface area contributed by atoms with E-state index in [9.17, 15) is 0 Å². The van der Waals surface area contributed by atoms with Crippen LogP contribution in [0.5, 0.6) is 0 Å². The van der Waals surface area contributed by atoms with E-state index in [-0.39, 0.29) is 0 Å². The molecule has 102 valence electrons. The maximum absolute atomic E-state index is 6.05.